The third kappa shape index (κ3) is 3.92. The highest BCUT2D eigenvalue weighted by molar-refractivity contribution is 5.46. The van der Waals surface area contributed by atoms with Crippen LogP contribution in [0.25, 0.3) is 0 Å². The lowest BCUT2D eigenvalue weighted by molar-refractivity contribution is 0.402. The maximum Gasteiger partial charge on any atom is 0.0640 e. The lowest BCUT2D eigenvalue weighted by Crippen LogP contribution is -2.18. The predicted molar refractivity (Wildman–Crippen MR) is 67.3 cm³/mol. The zero-order valence-electron chi connectivity index (χ0n) is 10.3. The molecule has 0 aromatic heterocycles. The highest BCUT2D eigenvalue weighted by Gasteiger charge is 2.00. The van der Waals surface area contributed by atoms with Crippen molar-refractivity contribution in [2.45, 2.75) is 13.0 Å². The van der Waals surface area contributed by atoms with Gasteiger partial charge in [0.05, 0.1) is 12.5 Å². The summed E-state index contributed by atoms with van der Waals surface area (Å²) in [6.07, 6.45) is 0.565. The summed E-state index contributed by atoms with van der Waals surface area (Å²) in [5, 5.41) is 8.52. The van der Waals surface area contributed by atoms with Crippen molar-refractivity contribution >= 4 is 5.69 Å². The number of anilines is 1. The minimum atomic E-state index is 0.565. The molecule has 3 heteroatoms. The van der Waals surface area contributed by atoms with Crippen LogP contribution in [0.4, 0.5) is 5.69 Å². The van der Waals surface area contributed by atoms with Crippen LogP contribution >= 0.6 is 0 Å². The number of hydrogen-bond acceptors (Lipinski definition) is 3. The van der Waals surface area contributed by atoms with Crippen LogP contribution in [0.1, 0.15) is 12.0 Å². The minimum absolute atomic E-state index is 0.565. The van der Waals surface area contributed by atoms with Crippen molar-refractivity contribution in [3.05, 3.63) is 29.8 Å². The molecule has 1 rings (SSSR count). The lowest BCUT2D eigenvalue weighted by atomic mass is 10.2. The van der Waals surface area contributed by atoms with E-state index in [2.05, 4.69) is 54.2 Å². The fourth-order valence-corrected chi connectivity index (χ4v) is 1.57. The molecule has 0 atom stereocenters. The Morgan fingerprint density at radius 2 is 1.75 bits per heavy atom. The normalized spacial score (nSPS) is 10.2. The Morgan fingerprint density at radius 3 is 2.25 bits per heavy atom. The van der Waals surface area contributed by atoms with E-state index >= 15 is 0 Å². The molecule has 0 aliphatic carbocycles. The van der Waals surface area contributed by atoms with Gasteiger partial charge < -0.3 is 9.80 Å². The van der Waals surface area contributed by atoms with Crippen molar-refractivity contribution in [3.63, 3.8) is 0 Å². The maximum absolute atomic E-state index is 8.52. The Morgan fingerprint density at radius 1 is 1.12 bits per heavy atom. The Bertz CT molecular complexity index is 348. The van der Waals surface area contributed by atoms with Gasteiger partial charge in [-0.3, -0.25) is 0 Å². The van der Waals surface area contributed by atoms with Gasteiger partial charge in [0.1, 0.15) is 0 Å². The fourth-order valence-electron chi connectivity index (χ4n) is 1.57. The van der Waals surface area contributed by atoms with E-state index in [1.165, 1.54) is 5.56 Å². The average Bonchev–Trinajstić information content (AvgIpc) is 2.26. The van der Waals surface area contributed by atoms with E-state index in [0.717, 1.165) is 18.8 Å². The first-order chi connectivity index (χ1) is 7.63. The van der Waals surface area contributed by atoms with Crippen LogP contribution in [-0.2, 0) is 6.54 Å². The third-order valence-electron chi connectivity index (χ3n) is 2.43. The van der Waals surface area contributed by atoms with E-state index in [-0.39, 0.29) is 0 Å². The molecule has 0 fully saturated rings. The van der Waals surface area contributed by atoms with Crippen LogP contribution in [0, 0.1) is 11.3 Å². The third-order valence-corrected chi connectivity index (χ3v) is 2.43. The van der Waals surface area contributed by atoms with E-state index in [9.17, 15) is 0 Å². The molecule has 0 heterocycles. The Hall–Kier alpha value is -1.53. The first kappa shape index (κ1) is 12.5. The quantitative estimate of drug-likeness (QED) is 0.756. The summed E-state index contributed by atoms with van der Waals surface area (Å²) in [5.74, 6) is 0. The van der Waals surface area contributed by atoms with Crippen LogP contribution in [0.3, 0.4) is 0 Å². The van der Waals surface area contributed by atoms with Gasteiger partial charge in [0.25, 0.3) is 0 Å². The summed E-state index contributed by atoms with van der Waals surface area (Å²) in [6.45, 7) is 1.74. The molecule has 0 aliphatic heterocycles. The zero-order valence-corrected chi connectivity index (χ0v) is 10.3. The van der Waals surface area contributed by atoms with E-state index in [0.29, 0.717) is 6.42 Å². The van der Waals surface area contributed by atoms with Crippen LogP contribution in [0.15, 0.2) is 24.3 Å². The maximum atomic E-state index is 8.52. The monoisotopic (exact) mass is 217 g/mol. The van der Waals surface area contributed by atoms with Gasteiger partial charge in [-0.2, -0.15) is 5.26 Å². The Kier molecular flexibility index (Phi) is 4.81. The molecule has 0 unspecified atom stereocenters. The van der Waals surface area contributed by atoms with Crippen LogP contribution in [0.5, 0.6) is 0 Å². The van der Waals surface area contributed by atoms with Gasteiger partial charge in [-0.25, -0.2) is 0 Å². The number of hydrogen-bond donors (Lipinski definition) is 0. The summed E-state index contributed by atoms with van der Waals surface area (Å²) in [6, 6.07) is 10.6. The van der Waals surface area contributed by atoms with Crippen LogP contribution in [-0.4, -0.2) is 32.6 Å². The van der Waals surface area contributed by atoms with Gasteiger partial charge in [0, 0.05) is 25.8 Å². The summed E-state index contributed by atoms with van der Waals surface area (Å²) in [4.78, 5) is 4.25. The number of nitrogens with zero attached hydrogens (tertiary/aromatic N) is 3. The van der Waals surface area contributed by atoms with Crippen molar-refractivity contribution in [1.29, 1.82) is 5.26 Å². The first-order valence-electron chi connectivity index (χ1n) is 5.45. The van der Waals surface area contributed by atoms with Crippen molar-refractivity contribution < 1.29 is 0 Å². The molecule has 0 spiro atoms. The molecule has 16 heavy (non-hydrogen) atoms. The molecule has 3 nitrogen and oxygen atoms in total. The summed E-state index contributed by atoms with van der Waals surface area (Å²) >= 11 is 0. The Labute approximate surface area is 97.9 Å². The predicted octanol–water partition coefficient (Wildman–Crippen LogP) is 2.10. The zero-order chi connectivity index (χ0) is 12.0. The molecule has 0 aliphatic rings. The fraction of sp³-hybridized carbons (Fsp3) is 0.462. The second-order valence-corrected chi connectivity index (χ2v) is 4.23. The van der Waals surface area contributed by atoms with Gasteiger partial charge in [-0.15, -0.1) is 0 Å². The second kappa shape index (κ2) is 6.14. The largest absolute Gasteiger partial charge is 0.374 e. The van der Waals surface area contributed by atoms with Gasteiger partial charge >= 0.3 is 0 Å². The summed E-state index contributed by atoms with van der Waals surface area (Å²) < 4.78 is 0. The molecule has 0 bridgehead atoms. The van der Waals surface area contributed by atoms with Crippen LogP contribution in [0.2, 0.25) is 0 Å². The van der Waals surface area contributed by atoms with E-state index in [4.69, 9.17) is 5.26 Å². The Balaban J connectivity index is 2.60. The van der Waals surface area contributed by atoms with E-state index in [1.54, 1.807) is 0 Å². The smallest absolute Gasteiger partial charge is 0.0640 e. The second-order valence-electron chi connectivity index (χ2n) is 4.23. The highest BCUT2D eigenvalue weighted by atomic mass is 15.1. The summed E-state index contributed by atoms with van der Waals surface area (Å²) in [5.41, 5.74) is 2.47. The minimum Gasteiger partial charge on any atom is -0.374 e. The molecule has 0 saturated carbocycles. The number of nitriles is 1. The van der Waals surface area contributed by atoms with E-state index in [1.807, 2.05) is 7.05 Å². The summed E-state index contributed by atoms with van der Waals surface area (Å²) in [7, 11) is 6.14. The lowest BCUT2D eigenvalue weighted by Gasteiger charge is -2.18. The van der Waals surface area contributed by atoms with Crippen molar-refractivity contribution in [1.82, 2.24) is 4.90 Å². The van der Waals surface area contributed by atoms with Crippen molar-refractivity contribution in [2.75, 3.05) is 32.6 Å². The highest BCUT2D eigenvalue weighted by Crippen LogP contribution is 2.14. The number of rotatable bonds is 5. The average molecular weight is 217 g/mol. The van der Waals surface area contributed by atoms with Crippen molar-refractivity contribution in [2.24, 2.45) is 0 Å². The van der Waals surface area contributed by atoms with Crippen molar-refractivity contribution in [3.8, 4) is 6.07 Å². The van der Waals surface area contributed by atoms with Gasteiger partial charge in [-0.1, -0.05) is 12.1 Å². The molecular weight excluding hydrogens is 198 g/mol. The molecule has 1 aromatic rings. The molecule has 0 saturated heterocycles. The van der Waals surface area contributed by atoms with E-state index < -0.39 is 0 Å². The molecule has 86 valence electrons. The molecule has 0 amide bonds. The standard InChI is InChI=1S/C13H19N3/c1-15(2)11-12-5-7-13(8-6-12)16(3)10-4-9-14/h5-8H,4,10-11H2,1-3H3. The first-order valence-corrected chi connectivity index (χ1v) is 5.45. The van der Waals surface area contributed by atoms with Gasteiger partial charge in [-0.05, 0) is 31.8 Å². The SMILES string of the molecule is CN(C)Cc1ccc(N(C)CCC#N)cc1. The van der Waals surface area contributed by atoms with Crippen LogP contribution < -0.4 is 4.90 Å². The van der Waals surface area contributed by atoms with Gasteiger partial charge in [0.2, 0.25) is 0 Å². The number of benzene rings is 1. The molecular formula is C13H19N3. The van der Waals surface area contributed by atoms with Gasteiger partial charge in [0.15, 0.2) is 0 Å². The molecule has 1 aromatic carbocycles. The molecule has 0 radical (unpaired) electrons. The topological polar surface area (TPSA) is 30.3 Å². The molecule has 0 N–H and O–H groups in total.